The van der Waals surface area contributed by atoms with E-state index in [4.69, 9.17) is 45.3 Å². The Balaban J connectivity index is 3.02. The van der Waals surface area contributed by atoms with Gasteiger partial charge in [-0.3, -0.25) is 4.79 Å². The van der Waals surface area contributed by atoms with Crippen LogP contribution in [0.15, 0.2) is 12.1 Å². The molecule has 0 unspecified atom stereocenters. The molecule has 0 fully saturated rings. The topological polar surface area (TPSA) is 52.3 Å². The van der Waals surface area contributed by atoms with E-state index in [1.807, 2.05) is 0 Å². The van der Waals surface area contributed by atoms with Crippen molar-refractivity contribution in [1.82, 2.24) is 0 Å². The summed E-state index contributed by atoms with van der Waals surface area (Å²) in [5.41, 5.74) is 5.06. The average Bonchev–Trinajstić information content (AvgIpc) is 2.10. The summed E-state index contributed by atoms with van der Waals surface area (Å²) in [6.07, 6.45) is 0. The van der Waals surface area contributed by atoms with Crippen LogP contribution in [0.3, 0.4) is 0 Å². The molecule has 0 aromatic heterocycles. The van der Waals surface area contributed by atoms with Crippen LogP contribution in [0.5, 0.6) is 5.75 Å². The summed E-state index contributed by atoms with van der Waals surface area (Å²) >= 11 is 17.2. The molecule has 0 saturated carbocycles. The molecule has 0 aliphatic rings. The quantitative estimate of drug-likeness (QED) is 0.652. The van der Waals surface area contributed by atoms with E-state index in [1.165, 1.54) is 12.1 Å². The fourth-order valence-electron chi connectivity index (χ4n) is 0.782. The molecular weight excluding hydrogens is 248 g/mol. The summed E-state index contributed by atoms with van der Waals surface area (Å²) in [6.45, 7) is -0.241. The number of halogens is 3. The number of hydrogen-bond acceptors (Lipinski definition) is 3. The molecule has 2 N–H and O–H groups in total. The molecule has 0 aliphatic heterocycles. The largest absolute Gasteiger partial charge is 0.422 e. The van der Waals surface area contributed by atoms with Gasteiger partial charge in [-0.15, -0.1) is 0 Å². The lowest BCUT2D eigenvalue weighted by molar-refractivity contribution is -0.132. The minimum Gasteiger partial charge on any atom is -0.422 e. The Morgan fingerprint density at radius 3 is 2.21 bits per heavy atom. The molecule has 0 atom stereocenters. The Kier molecular flexibility index (Phi) is 4.01. The summed E-state index contributed by atoms with van der Waals surface area (Å²) in [5.74, 6) is -0.538. The zero-order valence-electron chi connectivity index (χ0n) is 6.89. The first-order valence-electron chi connectivity index (χ1n) is 3.60. The van der Waals surface area contributed by atoms with Gasteiger partial charge in [-0.1, -0.05) is 34.8 Å². The highest BCUT2D eigenvalue weighted by atomic mass is 35.5. The van der Waals surface area contributed by atoms with E-state index in [0.29, 0.717) is 5.02 Å². The van der Waals surface area contributed by atoms with Crippen LogP contribution in [-0.4, -0.2) is 12.5 Å². The van der Waals surface area contributed by atoms with Gasteiger partial charge in [0.2, 0.25) is 0 Å². The Labute approximate surface area is 95.7 Å². The van der Waals surface area contributed by atoms with Crippen LogP contribution in [0.25, 0.3) is 0 Å². The predicted octanol–water partition coefficient (Wildman–Crippen LogP) is 2.51. The standard InChI is InChI=1S/C8H6Cl3NO2/c9-4-1-5(10)8(6(11)2-4)14-7(13)3-12/h1-2H,3,12H2. The van der Waals surface area contributed by atoms with Gasteiger partial charge in [-0.2, -0.15) is 0 Å². The third-order valence-electron chi connectivity index (χ3n) is 1.35. The fourth-order valence-corrected chi connectivity index (χ4v) is 1.68. The van der Waals surface area contributed by atoms with Gasteiger partial charge in [0.15, 0.2) is 5.75 Å². The molecule has 1 rings (SSSR count). The summed E-state index contributed by atoms with van der Waals surface area (Å²) in [5, 5.41) is 0.709. The normalized spacial score (nSPS) is 10.0. The molecule has 0 spiro atoms. The van der Waals surface area contributed by atoms with Crippen molar-refractivity contribution >= 4 is 40.8 Å². The van der Waals surface area contributed by atoms with Gasteiger partial charge >= 0.3 is 5.97 Å². The van der Waals surface area contributed by atoms with Gasteiger partial charge in [0.25, 0.3) is 0 Å². The van der Waals surface area contributed by atoms with Crippen molar-refractivity contribution < 1.29 is 9.53 Å². The van der Waals surface area contributed by atoms with Gasteiger partial charge in [-0.25, -0.2) is 0 Å². The molecule has 6 heteroatoms. The van der Waals surface area contributed by atoms with Crippen LogP contribution in [0.1, 0.15) is 0 Å². The molecule has 1 aromatic carbocycles. The molecule has 0 heterocycles. The molecule has 0 radical (unpaired) electrons. The molecular formula is C8H6Cl3NO2. The van der Waals surface area contributed by atoms with E-state index in [-0.39, 0.29) is 22.3 Å². The predicted molar refractivity (Wildman–Crippen MR) is 56.2 cm³/mol. The van der Waals surface area contributed by atoms with Crippen molar-refractivity contribution in [3.63, 3.8) is 0 Å². The molecule has 0 amide bonds. The van der Waals surface area contributed by atoms with Crippen LogP contribution in [-0.2, 0) is 4.79 Å². The highest BCUT2D eigenvalue weighted by Gasteiger charge is 2.12. The van der Waals surface area contributed by atoms with E-state index in [9.17, 15) is 4.79 Å². The second-order valence-electron chi connectivity index (χ2n) is 2.38. The van der Waals surface area contributed by atoms with Crippen LogP contribution in [0, 0.1) is 0 Å². The Bertz CT molecular complexity index is 345. The zero-order chi connectivity index (χ0) is 10.7. The van der Waals surface area contributed by atoms with Gasteiger partial charge in [0.05, 0.1) is 16.6 Å². The number of ether oxygens (including phenoxy) is 1. The van der Waals surface area contributed by atoms with E-state index in [0.717, 1.165) is 0 Å². The fraction of sp³-hybridized carbons (Fsp3) is 0.125. The maximum atomic E-state index is 10.9. The maximum Gasteiger partial charge on any atom is 0.325 e. The number of nitrogens with two attached hydrogens (primary N) is 1. The second kappa shape index (κ2) is 4.84. The third-order valence-corrected chi connectivity index (χ3v) is 2.13. The summed E-state index contributed by atoms with van der Waals surface area (Å²) in [4.78, 5) is 10.9. The van der Waals surface area contributed by atoms with Crippen LogP contribution in [0.2, 0.25) is 15.1 Å². The third kappa shape index (κ3) is 2.75. The average molecular weight is 254 g/mol. The van der Waals surface area contributed by atoms with Crippen LogP contribution in [0.4, 0.5) is 0 Å². The van der Waals surface area contributed by atoms with Crippen molar-refractivity contribution in [2.45, 2.75) is 0 Å². The first kappa shape index (κ1) is 11.6. The van der Waals surface area contributed by atoms with E-state index >= 15 is 0 Å². The lowest BCUT2D eigenvalue weighted by Gasteiger charge is -2.07. The highest BCUT2D eigenvalue weighted by Crippen LogP contribution is 2.35. The lowest BCUT2D eigenvalue weighted by Crippen LogP contribution is -2.19. The number of carbonyl (C=O) groups is 1. The van der Waals surface area contributed by atoms with Gasteiger partial charge in [0, 0.05) is 5.02 Å². The van der Waals surface area contributed by atoms with E-state index < -0.39 is 5.97 Å². The first-order valence-corrected chi connectivity index (χ1v) is 4.73. The van der Waals surface area contributed by atoms with Crippen molar-refractivity contribution in [2.24, 2.45) is 5.73 Å². The monoisotopic (exact) mass is 253 g/mol. The van der Waals surface area contributed by atoms with E-state index in [2.05, 4.69) is 0 Å². The van der Waals surface area contributed by atoms with Crippen molar-refractivity contribution in [1.29, 1.82) is 0 Å². The summed E-state index contributed by atoms with van der Waals surface area (Å²) in [6, 6.07) is 2.85. The SMILES string of the molecule is NCC(=O)Oc1c(Cl)cc(Cl)cc1Cl. The van der Waals surface area contributed by atoms with Gasteiger partial charge in [0.1, 0.15) is 0 Å². The van der Waals surface area contributed by atoms with Gasteiger partial charge < -0.3 is 10.5 Å². The van der Waals surface area contributed by atoms with E-state index in [1.54, 1.807) is 0 Å². The minimum atomic E-state index is -0.615. The van der Waals surface area contributed by atoms with Gasteiger partial charge in [-0.05, 0) is 12.1 Å². The lowest BCUT2D eigenvalue weighted by atomic mass is 10.3. The Morgan fingerprint density at radius 1 is 1.29 bits per heavy atom. The number of esters is 1. The molecule has 76 valence electrons. The van der Waals surface area contributed by atoms with Crippen LogP contribution >= 0.6 is 34.8 Å². The molecule has 0 aliphatic carbocycles. The number of benzene rings is 1. The number of carbonyl (C=O) groups excluding carboxylic acids is 1. The van der Waals surface area contributed by atoms with Crippen LogP contribution < -0.4 is 10.5 Å². The molecule has 3 nitrogen and oxygen atoms in total. The highest BCUT2D eigenvalue weighted by molar-refractivity contribution is 6.40. The van der Waals surface area contributed by atoms with Crippen molar-refractivity contribution in [3.05, 3.63) is 27.2 Å². The molecule has 0 saturated heterocycles. The molecule has 0 bridgehead atoms. The Morgan fingerprint density at radius 2 is 1.79 bits per heavy atom. The smallest absolute Gasteiger partial charge is 0.325 e. The first-order chi connectivity index (χ1) is 6.54. The summed E-state index contributed by atoms with van der Waals surface area (Å²) < 4.78 is 4.79. The van der Waals surface area contributed by atoms with Crippen molar-refractivity contribution in [3.8, 4) is 5.75 Å². The second-order valence-corrected chi connectivity index (χ2v) is 3.63. The van der Waals surface area contributed by atoms with Crippen molar-refractivity contribution in [2.75, 3.05) is 6.54 Å². The Hall–Kier alpha value is -0.480. The molecule has 1 aromatic rings. The number of hydrogen-bond donors (Lipinski definition) is 1. The maximum absolute atomic E-state index is 10.9. The summed E-state index contributed by atoms with van der Waals surface area (Å²) in [7, 11) is 0. The number of rotatable bonds is 2. The minimum absolute atomic E-state index is 0.0770. The zero-order valence-corrected chi connectivity index (χ0v) is 9.16. The molecule has 14 heavy (non-hydrogen) atoms.